The summed E-state index contributed by atoms with van der Waals surface area (Å²) in [5, 5.41) is 15.6. The Bertz CT molecular complexity index is 926. The molecule has 0 fully saturated rings. The Morgan fingerprint density at radius 3 is 2.88 bits per heavy atom. The number of aliphatic hydroxyl groups excluding tert-OH is 1. The quantitative estimate of drug-likeness (QED) is 0.704. The number of hydrogen-bond donors (Lipinski definition) is 2. The van der Waals surface area contributed by atoms with Gasteiger partial charge in [-0.3, -0.25) is 4.79 Å². The maximum Gasteiger partial charge on any atom is 0.274 e. The third-order valence-electron chi connectivity index (χ3n) is 3.69. The first-order valence-electron chi connectivity index (χ1n) is 7.80. The number of pyridine rings is 1. The Balaban J connectivity index is 1.74. The van der Waals surface area contributed by atoms with E-state index in [1.165, 1.54) is 18.3 Å². The molecule has 0 unspecified atom stereocenters. The van der Waals surface area contributed by atoms with E-state index in [0.29, 0.717) is 16.9 Å². The molecule has 7 nitrogen and oxygen atoms in total. The summed E-state index contributed by atoms with van der Waals surface area (Å²) in [7, 11) is 0. The Labute approximate surface area is 148 Å². The highest BCUT2D eigenvalue weighted by Crippen LogP contribution is 2.25. The van der Waals surface area contributed by atoms with Gasteiger partial charge in [0.2, 0.25) is 5.88 Å². The Morgan fingerprint density at radius 1 is 1.31 bits per heavy atom. The number of benzene rings is 1. The van der Waals surface area contributed by atoms with Gasteiger partial charge in [0.1, 0.15) is 5.76 Å². The molecule has 0 aliphatic rings. The molecule has 2 heterocycles. The monoisotopic (exact) mass is 357 g/mol. The number of amides is 1. The number of nitrogens with zero attached hydrogens (tertiary/aromatic N) is 2. The fraction of sp³-hybridized carbons (Fsp3) is 0.167. The summed E-state index contributed by atoms with van der Waals surface area (Å²) in [4.78, 5) is 16.4. The van der Waals surface area contributed by atoms with E-state index in [1.807, 2.05) is 0 Å². The second kappa shape index (κ2) is 7.75. The SMILES string of the molecule is Cc1onc(C(=O)NCc2cccnc2Oc2ccccc2F)c1CO. The first-order chi connectivity index (χ1) is 12.6. The molecule has 0 radical (unpaired) electrons. The van der Waals surface area contributed by atoms with Crippen molar-refractivity contribution in [3.63, 3.8) is 0 Å². The van der Waals surface area contributed by atoms with E-state index in [9.17, 15) is 14.3 Å². The number of aliphatic hydroxyl groups is 1. The van der Waals surface area contributed by atoms with Crippen LogP contribution in [0.4, 0.5) is 4.39 Å². The van der Waals surface area contributed by atoms with E-state index in [0.717, 1.165) is 0 Å². The highest BCUT2D eigenvalue weighted by molar-refractivity contribution is 5.93. The molecular formula is C18H16FN3O4. The van der Waals surface area contributed by atoms with Crippen molar-refractivity contribution >= 4 is 5.91 Å². The molecule has 8 heteroatoms. The first kappa shape index (κ1) is 17.6. The van der Waals surface area contributed by atoms with Crippen molar-refractivity contribution in [1.29, 1.82) is 0 Å². The van der Waals surface area contributed by atoms with Gasteiger partial charge in [0.15, 0.2) is 17.3 Å². The van der Waals surface area contributed by atoms with Crippen LogP contribution in [0.25, 0.3) is 0 Å². The lowest BCUT2D eigenvalue weighted by Gasteiger charge is -2.11. The van der Waals surface area contributed by atoms with E-state index in [1.54, 1.807) is 31.2 Å². The van der Waals surface area contributed by atoms with Crippen LogP contribution in [0.3, 0.4) is 0 Å². The number of ether oxygens (including phenoxy) is 1. The van der Waals surface area contributed by atoms with Crippen LogP contribution in [-0.2, 0) is 13.2 Å². The van der Waals surface area contributed by atoms with Gasteiger partial charge in [0.05, 0.1) is 12.2 Å². The minimum Gasteiger partial charge on any atom is -0.436 e. The molecule has 0 saturated carbocycles. The summed E-state index contributed by atoms with van der Waals surface area (Å²) in [6.07, 6.45) is 1.51. The van der Waals surface area contributed by atoms with Crippen LogP contribution in [0, 0.1) is 12.7 Å². The summed E-state index contributed by atoms with van der Waals surface area (Å²) < 4.78 is 24.2. The number of aryl methyl sites for hydroxylation is 1. The molecule has 2 N–H and O–H groups in total. The van der Waals surface area contributed by atoms with E-state index >= 15 is 0 Å². The predicted octanol–water partition coefficient (Wildman–Crippen LogP) is 2.73. The lowest BCUT2D eigenvalue weighted by molar-refractivity contribution is 0.0939. The van der Waals surface area contributed by atoms with Crippen LogP contribution in [0.1, 0.15) is 27.4 Å². The predicted molar refractivity (Wildman–Crippen MR) is 89.0 cm³/mol. The van der Waals surface area contributed by atoms with Crippen molar-refractivity contribution in [2.75, 3.05) is 0 Å². The van der Waals surface area contributed by atoms with Gasteiger partial charge in [-0.25, -0.2) is 9.37 Å². The van der Waals surface area contributed by atoms with Gasteiger partial charge in [0, 0.05) is 18.3 Å². The van der Waals surface area contributed by atoms with Crippen LogP contribution in [0.5, 0.6) is 11.6 Å². The topological polar surface area (TPSA) is 97.5 Å². The number of carbonyl (C=O) groups excluding carboxylic acids is 1. The fourth-order valence-corrected chi connectivity index (χ4v) is 2.30. The molecule has 0 bridgehead atoms. The summed E-state index contributed by atoms with van der Waals surface area (Å²) in [6.45, 7) is 1.33. The second-order valence-corrected chi connectivity index (χ2v) is 5.41. The molecule has 0 aliphatic carbocycles. The highest BCUT2D eigenvalue weighted by Gasteiger charge is 2.19. The zero-order valence-corrected chi connectivity index (χ0v) is 13.9. The largest absolute Gasteiger partial charge is 0.436 e. The Kier molecular flexibility index (Phi) is 5.23. The second-order valence-electron chi connectivity index (χ2n) is 5.41. The van der Waals surface area contributed by atoms with Gasteiger partial charge in [0.25, 0.3) is 5.91 Å². The molecule has 1 amide bonds. The molecule has 0 aliphatic heterocycles. The maximum atomic E-state index is 13.8. The number of halogens is 1. The summed E-state index contributed by atoms with van der Waals surface area (Å²) in [6, 6.07) is 9.34. The molecule has 1 aromatic carbocycles. The zero-order valence-electron chi connectivity index (χ0n) is 13.9. The lowest BCUT2D eigenvalue weighted by atomic mass is 10.2. The molecule has 0 atom stereocenters. The normalized spacial score (nSPS) is 10.6. The number of aromatic nitrogens is 2. The van der Waals surface area contributed by atoms with Crippen LogP contribution in [0.2, 0.25) is 0 Å². The average molecular weight is 357 g/mol. The van der Waals surface area contributed by atoms with Crippen molar-refractivity contribution in [2.24, 2.45) is 0 Å². The number of para-hydroxylation sites is 1. The van der Waals surface area contributed by atoms with E-state index < -0.39 is 11.7 Å². The van der Waals surface area contributed by atoms with Crippen molar-refractivity contribution in [2.45, 2.75) is 20.1 Å². The van der Waals surface area contributed by atoms with Crippen LogP contribution < -0.4 is 10.1 Å². The Hall–Kier alpha value is -3.26. The van der Waals surface area contributed by atoms with Crippen molar-refractivity contribution in [3.8, 4) is 11.6 Å². The van der Waals surface area contributed by atoms with Gasteiger partial charge in [-0.2, -0.15) is 0 Å². The van der Waals surface area contributed by atoms with Crippen molar-refractivity contribution in [1.82, 2.24) is 15.5 Å². The molecule has 3 rings (SSSR count). The zero-order chi connectivity index (χ0) is 18.5. The minimum absolute atomic E-state index is 0.0189. The molecule has 2 aromatic heterocycles. The van der Waals surface area contributed by atoms with Gasteiger partial charge >= 0.3 is 0 Å². The van der Waals surface area contributed by atoms with Crippen molar-refractivity contribution in [3.05, 3.63) is 71.0 Å². The van der Waals surface area contributed by atoms with Crippen LogP contribution in [0.15, 0.2) is 47.1 Å². The number of nitrogens with one attached hydrogen (secondary N) is 1. The third-order valence-corrected chi connectivity index (χ3v) is 3.69. The Morgan fingerprint density at radius 2 is 2.12 bits per heavy atom. The van der Waals surface area contributed by atoms with E-state index in [2.05, 4.69) is 15.5 Å². The maximum absolute atomic E-state index is 13.8. The molecular weight excluding hydrogens is 341 g/mol. The van der Waals surface area contributed by atoms with Gasteiger partial charge in [-0.15, -0.1) is 0 Å². The average Bonchev–Trinajstić information content (AvgIpc) is 3.03. The molecule has 3 aromatic rings. The van der Waals surface area contributed by atoms with Crippen LogP contribution >= 0.6 is 0 Å². The lowest BCUT2D eigenvalue weighted by Crippen LogP contribution is -2.24. The minimum atomic E-state index is -0.515. The molecule has 0 saturated heterocycles. The third kappa shape index (κ3) is 3.70. The van der Waals surface area contributed by atoms with Crippen LogP contribution in [-0.4, -0.2) is 21.2 Å². The van der Waals surface area contributed by atoms with Gasteiger partial charge in [-0.1, -0.05) is 23.4 Å². The van der Waals surface area contributed by atoms with Crippen molar-refractivity contribution < 1.29 is 23.6 Å². The summed E-state index contributed by atoms with van der Waals surface area (Å²) in [5.74, 6) is -0.432. The van der Waals surface area contributed by atoms with Gasteiger partial charge in [-0.05, 0) is 25.1 Å². The first-order valence-corrected chi connectivity index (χ1v) is 7.80. The molecule has 26 heavy (non-hydrogen) atoms. The summed E-state index contributed by atoms with van der Waals surface area (Å²) in [5.41, 5.74) is 0.900. The number of rotatable bonds is 6. The number of carbonyl (C=O) groups is 1. The van der Waals surface area contributed by atoms with E-state index in [4.69, 9.17) is 9.26 Å². The fourth-order valence-electron chi connectivity index (χ4n) is 2.30. The molecule has 0 spiro atoms. The van der Waals surface area contributed by atoms with E-state index in [-0.39, 0.29) is 30.5 Å². The highest BCUT2D eigenvalue weighted by atomic mass is 19.1. The standard InChI is InChI=1S/C18H16FN3O4/c1-11-13(10-23)16(22-26-11)17(24)21-9-12-5-4-8-20-18(12)25-15-7-3-2-6-14(15)19/h2-8,23H,9-10H2,1H3,(H,21,24). The molecule has 134 valence electrons. The summed E-state index contributed by atoms with van der Waals surface area (Å²) >= 11 is 0. The smallest absolute Gasteiger partial charge is 0.274 e. The van der Waals surface area contributed by atoms with Gasteiger partial charge < -0.3 is 19.7 Å². The number of hydrogen-bond acceptors (Lipinski definition) is 6.